The van der Waals surface area contributed by atoms with E-state index in [1.807, 2.05) is 0 Å². The average molecular weight is 416 g/mol. The number of likely N-dealkylation sites (N-methyl/N-ethyl adjacent to an activating group) is 2. The van der Waals surface area contributed by atoms with E-state index >= 15 is 0 Å². The van der Waals surface area contributed by atoms with Gasteiger partial charge in [0.15, 0.2) is 0 Å². The summed E-state index contributed by atoms with van der Waals surface area (Å²) in [5.74, 6) is 0. The maximum Gasteiger partial charge on any atom is 0.144 e. The first kappa shape index (κ1) is 17.2. The molecule has 118 valence electrons. The molecule has 0 aromatic heterocycles. The Morgan fingerprint density at radius 3 is 1.35 bits per heavy atom. The molecule has 2 atom stereocenters. The summed E-state index contributed by atoms with van der Waals surface area (Å²) in [7, 11) is 4.69. The Bertz CT molecular complexity index is 276. The fourth-order valence-corrected chi connectivity index (χ4v) is 4.33. The average Bonchev–Trinajstić information content (AvgIpc) is 2.46. The van der Waals surface area contributed by atoms with Crippen LogP contribution in [0.3, 0.4) is 0 Å². The van der Waals surface area contributed by atoms with Gasteiger partial charge < -0.3 is 18.4 Å². The van der Waals surface area contributed by atoms with Crippen molar-refractivity contribution in [2.45, 2.75) is 22.7 Å². The monoisotopic (exact) mass is 414 g/mol. The van der Waals surface area contributed by atoms with Crippen LogP contribution in [-0.4, -0.2) is 85.6 Å². The van der Waals surface area contributed by atoms with E-state index in [-0.39, 0.29) is 0 Å². The lowest BCUT2D eigenvalue weighted by molar-refractivity contribution is -0.931. The van der Waals surface area contributed by atoms with E-state index in [0.717, 1.165) is 61.6 Å². The Labute approximate surface area is 139 Å². The Kier molecular flexibility index (Phi) is 6.33. The summed E-state index contributed by atoms with van der Waals surface area (Å²) in [5.41, 5.74) is 0. The Morgan fingerprint density at radius 1 is 0.750 bits per heavy atom. The second kappa shape index (κ2) is 7.38. The number of quaternary nitrogens is 2. The minimum atomic E-state index is 0.527. The van der Waals surface area contributed by atoms with E-state index in [1.165, 1.54) is 12.8 Å². The van der Waals surface area contributed by atoms with Crippen LogP contribution in [0.15, 0.2) is 0 Å². The molecular weight excluding hydrogens is 388 g/mol. The summed E-state index contributed by atoms with van der Waals surface area (Å²) in [6.45, 7) is 8.02. The topological polar surface area (TPSA) is 18.5 Å². The fraction of sp³-hybridized carbons (Fsp3) is 1.00. The molecule has 2 unspecified atom stereocenters. The van der Waals surface area contributed by atoms with Crippen molar-refractivity contribution in [1.29, 1.82) is 0 Å². The van der Waals surface area contributed by atoms with Gasteiger partial charge in [-0.3, -0.25) is 0 Å². The quantitative estimate of drug-likeness (QED) is 0.389. The highest BCUT2D eigenvalue weighted by molar-refractivity contribution is 9.09. The molecule has 2 rings (SSSR count). The molecule has 2 aliphatic heterocycles. The summed E-state index contributed by atoms with van der Waals surface area (Å²) in [6, 6.07) is 0. The fourth-order valence-electron chi connectivity index (χ4n) is 2.98. The molecule has 0 amide bonds. The summed E-state index contributed by atoms with van der Waals surface area (Å²) in [4.78, 5) is 1.05. The summed E-state index contributed by atoms with van der Waals surface area (Å²) < 4.78 is 13.2. The van der Waals surface area contributed by atoms with Crippen molar-refractivity contribution in [3.63, 3.8) is 0 Å². The second-order valence-electron chi connectivity index (χ2n) is 6.52. The number of ether oxygens (including phenoxy) is 2. The van der Waals surface area contributed by atoms with E-state index < -0.39 is 0 Å². The smallest absolute Gasteiger partial charge is 0.144 e. The molecule has 0 N–H and O–H groups in total. The highest BCUT2D eigenvalue weighted by Gasteiger charge is 2.36. The first-order chi connectivity index (χ1) is 9.46. The van der Waals surface area contributed by atoms with Crippen LogP contribution < -0.4 is 0 Å². The molecule has 2 heterocycles. The van der Waals surface area contributed by atoms with E-state index in [0.29, 0.717) is 9.90 Å². The summed E-state index contributed by atoms with van der Waals surface area (Å²) in [6.07, 6.45) is 2.39. The number of morpholine rings is 2. The number of rotatable bonds is 5. The predicted molar refractivity (Wildman–Crippen MR) is 88.1 cm³/mol. The lowest BCUT2D eigenvalue weighted by atomic mass is 10.2. The van der Waals surface area contributed by atoms with Crippen LogP contribution in [0.5, 0.6) is 0 Å². The molecule has 0 saturated carbocycles. The largest absolute Gasteiger partial charge is 0.370 e. The molecule has 2 saturated heterocycles. The SMILES string of the molecule is C[N+]1(C(Br)CCC(Br)[N+]2(C)CCOCC2)CCOCC1. The van der Waals surface area contributed by atoms with Crippen molar-refractivity contribution in [2.75, 3.05) is 66.7 Å². The van der Waals surface area contributed by atoms with Crippen molar-refractivity contribution in [3.8, 4) is 0 Å². The molecule has 20 heavy (non-hydrogen) atoms. The first-order valence-corrected chi connectivity index (χ1v) is 9.41. The highest BCUT2D eigenvalue weighted by atomic mass is 79.9. The van der Waals surface area contributed by atoms with Crippen LogP contribution in [0.4, 0.5) is 0 Å². The molecule has 0 radical (unpaired) electrons. The van der Waals surface area contributed by atoms with Gasteiger partial charge in [0.1, 0.15) is 36.1 Å². The predicted octanol–water partition coefficient (Wildman–Crippen LogP) is 2.16. The second-order valence-corrected chi connectivity index (χ2v) is 8.64. The number of alkyl halides is 2. The van der Waals surface area contributed by atoms with Crippen molar-refractivity contribution < 1.29 is 18.4 Å². The molecule has 6 heteroatoms. The molecule has 4 nitrogen and oxygen atoms in total. The Hall–Kier alpha value is 0.800. The summed E-state index contributed by atoms with van der Waals surface area (Å²) >= 11 is 7.86. The van der Waals surface area contributed by atoms with Crippen LogP contribution in [0, 0.1) is 0 Å². The lowest BCUT2D eigenvalue weighted by Gasteiger charge is -2.44. The molecule has 2 fully saturated rings. The van der Waals surface area contributed by atoms with Crippen LogP contribution >= 0.6 is 31.9 Å². The van der Waals surface area contributed by atoms with Gasteiger partial charge in [0, 0.05) is 12.8 Å². The van der Waals surface area contributed by atoms with Crippen LogP contribution in [0.25, 0.3) is 0 Å². The van der Waals surface area contributed by atoms with Gasteiger partial charge in [-0.15, -0.1) is 0 Å². The van der Waals surface area contributed by atoms with Crippen LogP contribution in [0.2, 0.25) is 0 Å². The summed E-state index contributed by atoms with van der Waals surface area (Å²) in [5, 5.41) is 0. The van der Waals surface area contributed by atoms with E-state index in [9.17, 15) is 0 Å². The molecular formula is C14H28Br2N2O2+2. The van der Waals surface area contributed by atoms with Crippen molar-refractivity contribution in [2.24, 2.45) is 0 Å². The lowest BCUT2D eigenvalue weighted by Crippen LogP contribution is -2.58. The minimum Gasteiger partial charge on any atom is -0.370 e. The Balaban J connectivity index is 1.81. The van der Waals surface area contributed by atoms with E-state index in [4.69, 9.17) is 9.47 Å². The molecule has 2 aliphatic rings. The third kappa shape index (κ3) is 4.17. The third-order valence-corrected chi connectivity index (χ3v) is 7.87. The third-order valence-electron chi connectivity index (χ3n) is 4.98. The van der Waals surface area contributed by atoms with E-state index in [1.54, 1.807) is 0 Å². The van der Waals surface area contributed by atoms with Gasteiger partial charge in [0.25, 0.3) is 0 Å². The van der Waals surface area contributed by atoms with Crippen LogP contribution in [0.1, 0.15) is 12.8 Å². The van der Waals surface area contributed by atoms with Gasteiger partial charge in [0.2, 0.25) is 0 Å². The van der Waals surface area contributed by atoms with Gasteiger partial charge in [-0.2, -0.15) is 0 Å². The standard InChI is InChI=1S/C14H28Br2N2O2/c1-17(5-9-19-10-6-17)13(15)3-4-14(16)18(2)7-11-20-12-8-18/h13-14H,3-12H2,1-2H3/q+2. The number of nitrogens with zero attached hydrogens (tertiary/aromatic N) is 2. The molecule has 0 bridgehead atoms. The molecule has 0 aliphatic carbocycles. The van der Waals surface area contributed by atoms with Gasteiger partial charge >= 0.3 is 0 Å². The van der Waals surface area contributed by atoms with Crippen LogP contribution in [-0.2, 0) is 9.47 Å². The zero-order chi connectivity index (χ0) is 14.6. The highest BCUT2D eigenvalue weighted by Crippen LogP contribution is 2.28. The van der Waals surface area contributed by atoms with Gasteiger partial charge in [-0.1, -0.05) is 0 Å². The maximum atomic E-state index is 5.49. The number of hydrogen-bond acceptors (Lipinski definition) is 2. The number of hydrogen-bond donors (Lipinski definition) is 0. The van der Waals surface area contributed by atoms with Crippen molar-refractivity contribution in [1.82, 2.24) is 0 Å². The maximum absolute atomic E-state index is 5.49. The zero-order valence-electron chi connectivity index (χ0n) is 12.7. The molecule has 0 spiro atoms. The van der Waals surface area contributed by atoms with E-state index in [2.05, 4.69) is 46.0 Å². The first-order valence-electron chi connectivity index (χ1n) is 7.58. The van der Waals surface area contributed by atoms with Gasteiger partial charge in [-0.25, -0.2) is 0 Å². The molecule has 0 aromatic carbocycles. The molecule has 0 aromatic rings. The number of halogens is 2. The van der Waals surface area contributed by atoms with Gasteiger partial charge in [0.05, 0.1) is 40.5 Å². The Morgan fingerprint density at radius 2 is 1.05 bits per heavy atom. The zero-order valence-corrected chi connectivity index (χ0v) is 15.9. The minimum absolute atomic E-state index is 0.527. The normalized spacial score (nSPS) is 28.8. The van der Waals surface area contributed by atoms with Gasteiger partial charge in [-0.05, 0) is 31.9 Å². The van der Waals surface area contributed by atoms with Crippen molar-refractivity contribution in [3.05, 3.63) is 0 Å². The van der Waals surface area contributed by atoms with Crippen molar-refractivity contribution >= 4 is 31.9 Å².